The van der Waals surface area contributed by atoms with Crippen LogP contribution < -0.4 is 11.1 Å². The number of halogens is 2. The Balaban J connectivity index is 1.92. The fourth-order valence-electron chi connectivity index (χ4n) is 1.78. The summed E-state index contributed by atoms with van der Waals surface area (Å²) < 4.78 is 12.7. The molecular weight excluding hydrogens is 279 g/mol. The predicted molar refractivity (Wildman–Crippen MR) is 78.3 cm³/mol. The molecule has 0 fully saturated rings. The van der Waals surface area contributed by atoms with Crippen LogP contribution in [0.1, 0.15) is 15.9 Å². The van der Waals surface area contributed by atoms with Gasteiger partial charge in [-0.3, -0.25) is 4.79 Å². The SMILES string of the molecule is Nc1ccc(Cl)c(C(=O)NCCc2ccc(F)cc2)c1. The van der Waals surface area contributed by atoms with Crippen molar-refractivity contribution in [2.45, 2.75) is 6.42 Å². The van der Waals surface area contributed by atoms with Crippen LogP contribution in [0.3, 0.4) is 0 Å². The number of nitrogens with two attached hydrogens (primary N) is 1. The molecule has 20 heavy (non-hydrogen) atoms. The Morgan fingerprint density at radius 1 is 1.20 bits per heavy atom. The summed E-state index contributed by atoms with van der Waals surface area (Å²) in [5.41, 5.74) is 7.41. The van der Waals surface area contributed by atoms with Crippen molar-refractivity contribution in [3.05, 3.63) is 64.4 Å². The van der Waals surface area contributed by atoms with Gasteiger partial charge in [-0.2, -0.15) is 0 Å². The van der Waals surface area contributed by atoms with E-state index in [9.17, 15) is 9.18 Å². The molecule has 0 unspecified atom stereocenters. The number of carbonyl (C=O) groups excluding carboxylic acids is 1. The monoisotopic (exact) mass is 292 g/mol. The zero-order chi connectivity index (χ0) is 14.5. The minimum absolute atomic E-state index is 0.274. The summed E-state index contributed by atoms with van der Waals surface area (Å²) in [4.78, 5) is 12.0. The lowest BCUT2D eigenvalue weighted by Crippen LogP contribution is -2.26. The topological polar surface area (TPSA) is 55.1 Å². The van der Waals surface area contributed by atoms with E-state index in [1.165, 1.54) is 18.2 Å². The average molecular weight is 293 g/mol. The lowest BCUT2D eigenvalue weighted by atomic mass is 10.1. The van der Waals surface area contributed by atoms with Crippen molar-refractivity contribution >= 4 is 23.2 Å². The summed E-state index contributed by atoms with van der Waals surface area (Å²) >= 11 is 5.95. The van der Waals surface area contributed by atoms with Crippen LogP contribution in [0.15, 0.2) is 42.5 Å². The Labute approximate surface area is 121 Å². The van der Waals surface area contributed by atoms with Crippen molar-refractivity contribution in [3.63, 3.8) is 0 Å². The Bertz CT molecular complexity index is 614. The molecule has 0 saturated carbocycles. The summed E-state index contributed by atoms with van der Waals surface area (Å²) in [7, 11) is 0. The van der Waals surface area contributed by atoms with E-state index >= 15 is 0 Å². The van der Waals surface area contributed by atoms with E-state index in [0.29, 0.717) is 29.2 Å². The molecule has 0 aliphatic rings. The fraction of sp³-hybridized carbons (Fsp3) is 0.133. The van der Waals surface area contributed by atoms with Gasteiger partial charge < -0.3 is 11.1 Å². The minimum Gasteiger partial charge on any atom is -0.399 e. The van der Waals surface area contributed by atoms with E-state index in [4.69, 9.17) is 17.3 Å². The van der Waals surface area contributed by atoms with Crippen LogP contribution in [-0.2, 0) is 6.42 Å². The molecule has 0 bridgehead atoms. The molecule has 0 aromatic heterocycles. The maximum Gasteiger partial charge on any atom is 0.252 e. The predicted octanol–water partition coefficient (Wildman–Crippen LogP) is 3.03. The van der Waals surface area contributed by atoms with Crippen molar-refractivity contribution in [1.82, 2.24) is 5.32 Å². The quantitative estimate of drug-likeness (QED) is 0.851. The molecule has 3 N–H and O–H groups in total. The summed E-state index contributed by atoms with van der Waals surface area (Å²) in [5, 5.41) is 3.12. The normalized spacial score (nSPS) is 10.3. The Hall–Kier alpha value is -2.07. The number of hydrogen-bond acceptors (Lipinski definition) is 2. The van der Waals surface area contributed by atoms with Crippen molar-refractivity contribution in [2.24, 2.45) is 0 Å². The second-order valence-electron chi connectivity index (χ2n) is 4.37. The standard InChI is InChI=1S/C15H14ClFN2O/c16-14-6-5-12(18)9-13(14)15(20)19-8-7-10-1-3-11(17)4-2-10/h1-6,9H,7-8,18H2,(H,19,20). The molecular formula is C15H14ClFN2O. The first-order valence-electron chi connectivity index (χ1n) is 6.14. The second kappa shape index (κ2) is 6.39. The van der Waals surface area contributed by atoms with Crippen LogP contribution in [0.25, 0.3) is 0 Å². The van der Waals surface area contributed by atoms with Gasteiger partial charge in [-0.25, -0.2) is 4.39 Å². The van der Waals surface area contributed by atoms with Crippen molar-refractivity contribution in [1.29, 1.82) is 0 Å². The highest BCUT2D eigenvalue weighted by molar-refractivity contribution is 6.34. The molecule has 0 spiro atoms. The molecule has 104 valence electrons. The highest BCUT2D eigenvalue weighted by Gasteiger charge is 2.10. The number of benzene rings is 2. The van der Waals surface area contributed by atoms with Gasteiger partial charge in [0.1, 0.15) is 5.82 Å². The molecule has 0 heterocycles. The molecule has 0 saturated heterocycles. The smallest absolute Gasteiger partial charge is 0.252 e. The van der Waals surface area contributed by atoms with Crippen molar-refractivity contribution in [2.75, 3.05) is 12.3 Å². The maximum absolute atomic E-state index is 12.7. The van der Waals surface area contributed by atoms with Gasteiger partial charge in [-0.15, -0.1) is 0 Å². The lowest BCUT2D eigenvalue weighted by Gasteiger charge is -2.07. The number of anilines is 1. The van der Waals surface area contributed by atoms with Gasteiger partial charge in [0.25, 0.3) is 5.91 Å². The van der Waals surface area contributed by atoms with E-state index in [1.54, 1.807) is 24.3 Å². The number of carbonyl (C=O) groups is 1. The van der Waals surface area contributed by atoms with E-state index in [2.05, 4.69) is 5.32 Å². The van der Waals surface area contributed by atoms with Crippen LogP contribution >= 0.6 is 11.6 Å². The average Bonchev–Trinajstić information content (AvgIpc) is 2.43. The molecule has 0 aliphatic carbocycles. The zero-order valence-electron chi connectivity index (χ0n) is 10.7. The first kappa shape index (κ1) is 14.3. The van der Waals surface area contributed by atoms with Gasteiger partial charge in [-0.05, 0) is 42.3 Å². The van der Waals surface area contributed by atoms with Crippen LogP contribution in [0.4, 0.5) is 10.1 Å². The van der Waals surface area contributed by atoms with Gasteiger partial charge in [0.15, 0.2) is 0 Å². The van der Waals surface area contributed by atoms with E-state index in [0.717, 1.165) is 5.56 Å². The fourth-order valence-corrected chi connectivity index (χ4v) is 1.99. The van der Waals surface area contributed by atoms with Crippen molar-refractivity contribution in [3.8, 4) is 0 Å². The number of amides is 1. The second-order valence-corrected chi connectivity index (χ2v) is 4.78. The van der Waals surface area contributed by atoms with E-state index in [1.807, 2.05) is 0 Å². The number of rotatable bonds is 4. The van der Waals surface area contributed by atoms with E-state index < -0.39 is 0 Å². The van der Waals surface area contributed by atoms with Gasteiger partial charge in [0.2, 0.25) is 0 Å². The molecule has 2 aromatic rings. The molecule has 0 atom stereocenters. The zero-order valence-corrected chi connectivity index (χ0v) is 11.5. The van der Waals surface area contributed by atoms with Crippen LogP contribution in [-0.4, -0.2) is 12.5 Å². The lowest BCUT2D eigenvalue weighted by molar-refractivity contribution is 0.0954. The summed E-state index contributed by atoms with van der Waals surface area (Å²) in [6.07, 6.45) is 0.617. The number of nitrogen functional groups attached to an aromatic ring is 1. The van der Waals surface area contributed by atoms with Crippen molar-refractivity contribution < 1.29 is 9.18 Å². The Morgan fingerprint density at radius 2 is 1.90 bits per heavy atom. The van der Waals surface area contributed by atoms with Crippen LogP contribution in [0.2, 0.25) is 5.02 Å². The number of hydrogen-bond donors (Lipinski definition) is 2. The molecule has 1 amide bonds. The summed E-state index contributed by atoms with van der Waals surface area (Å²) in [6, 6.07) is 10.9. The maximum atomic E-state index is 12.7. The summed E-state index contributed by atoms with van der Waals surface area (Å²) in [6.45, 7) is 0.440. The summed E-state index contributed by atoms with van der Waals surface area (Å²) in [5.74, 6) is -0.547. The molecule has 2 aromatic carbocycles. The third-order valence-corrected chi connectivity index (χ3v) is 3.18. The first-order valence-corrected chi connectivity index (χ1v) is 6.52. The first-order chi connectivity index (χ1) is 9.56. The molecule has 0 aliphatic heterocycles. The van der Waals surface area contributed by atoms with Gasteiger partial charge in [0.05, 0.1) is 10.6 Å². The van der Waals surface area contributed by atoms with E-state index in [-0.39, 0.29) is 11.7 Å². The van der Waals surface area contributed by atoms with Crippen LogP contribution in [0.5, 0.6) is 0 Å². The highest BCUT2D eigenvalue weighted by atomic mass is 35.5. The largest absolute Gasteiger partial charge is 0.399 e. The third kappa shape index (κ3) is 3.71. The Kier molecular flexibility index (Phi) is 4.58. The molecule has 5 heteroatoms. The van der Waals surface area contributed by atoms with Gasteiger partial charge >= 0.3 is 0 Å². The number of nitrogens with one attached hydrogen (secondary N) is 1. The minimum atomic E-state index is -0.274. The molecule has 2 rings (SSSR count). The van der Waals surface area contributed by atoms with Gasteiger partial charge in [-0.1, -0.05) is 23.7 Å². The van der Waals surface area contributed by atoms with Crippen LogP contribution in [0, 0.1) is 5.82 Å². The Morgan fingerprint density at radius 3 is 2.60 bits per heavy atom. The van der Waals surface area contributed by atoms with Gasteiger partial charge in [0, 0.05) is 12.2 Å². The molecule has 0 radical (unpaired) electrons. The highest BCUT2D eigenvalue weighted by Crippen LogP contribution is 2.18. The third-order valence-electron chi connectivity index (χ3n) is 2.85. The molecule has 3 nitrogen and oxygen atoms in total.